The topological polar surface area (TPSA) is 56.6 Å². The number of likely N-dealkylation sites (N-methyl/N-ethyl adjacent to an activating group) is 1. The van der Waals surface area contributed by atoms with Crippen LogP contribution in [-0.2, 0) is 6.54 Å². The number of amides is 2. The summed E-state index contributed by atoms with van der Waals surface area (Å²) < 4.78 is 2.19. The number of rotatable bonds is 6. The largest absolute Gasteiger partial charge is 0.371 e. The minimum absolute atomic E-state index is 0.0884. The summed E-state index contributed by atoms with van der Waals surface area (Å²) in [6, 6.07) is 9.11. The fourth-order valence-electron chi connectivity index (χ4n) is 4.10. The zero-order valence-corrected chi connectivity index (χ0v) is 16.8. The zero-order chi connectivity index (χ0) is 19.5. The van der Waals surface area contributed by atoms with Gasteiger partial charge in [-0.15, -0.1) is 0 Å². The molecule has 2 fully saturated rings. The second-order valence-corrected chi connectivity index (χ2v) is 7.76. The lowest BCUT2D eigenvalue weighted by Gasteiger charge is -2.34. The first kappa shape index (κ1) is 18.8. The van der Waals surface area contributed by atoms with Gasteiger partial charge in [0.25, 0.3) is 0 Å². The molecule has 7 heteroatoms. The van der Waals surface area contributed by atoms with Gasteiger partial charge in [-0.25, -0.2) is 9.78 Å². The quantitative estimate of drug-likeness (QED) is 0.833. The Kier molecular flexibility index (Phi) is 5.52. The van der Waals surface area contributed by atoms with Gasteiger partial charge in [0.05, 0.1) is 0 Å². The monoisotopic (exact) mass is 382 g/mol. The molecule has 150 valence electrons. The number of hydrogen-bond donors (Lipinski definition) is 1. The van der Waals surface area contributed by atoms with Gasteiger partial charge >= 0.3 is 6.03 Å². The van der Waals surface area contributed by atoms with Crippen molar-refractivity contribution in [3.63, 3.8) is 0 Å². The number of aromatic nitrogens is 2. The number of aryl methyl sites for hydroxylation is 1. The summed E-state index contributed by atoms with van der Waals surface area (Å²) in [7, 11) is 1.85. The molecule has 2 aliphatic rings. The van der Waals surface area contributed by atoms with Crippen molar-refractivity contribution in [3.8, 4) is 0 Å². The number of benzene rings is 1. The number of piperidine rings is 1. The van der Waals surface area contributed by atoms with E-state index < -0.39 is 0 Å². The van der Waals surface area contributed by atoms with Gasteiger partial charge in [0.1, 0.15) is 5.82 Å². The van der Waals surface area contributed by atoms with Crippen molar-refractivity contribution in [3.05, 3.63) is 42.5 Å². The van der Waals surface area contributed by atoms with E-state index in [9.17, 15) is 4.79 Å². The average molecular weight is 383 g/mol. The SMILES string of the molecule is Cc1nccn1CCNC1CCN(c2ccc(N3CCN(C)C3=O)cc2)CC1. The molecule has 0 spiro atoms. The van der Waals surface area contributed by atoms with Crippen molar-refractivity contribution in [2.75, 3.05) is 49.6 Å². The Morgan fingerprint density at radius 1 is 1.07 bits per heavy atom. The Hall–Kier alpha value is -2.54. The molecule has 3 heterocycles. The Labute approximate surface area is 166 Å². The van der Waals surface area contributed by atoms with Crippen molar-refractivity contribution >= 4 is 17.4 Å². The molecule has 2 amide bonds. The predicted octanol–water partition coefficient (Wildman–Crippen LogP) is 2.32. The van der Waals surface area contributed by atoms with Crippen molar-refractivity contribution in [1.82, 2.24) is 19.8 Å². The van der Waals surface area contributed by atoms with Crippen LogP contribution in [0.3, 0.4) is 0 Å². The van der Waals surface area contributed by atoms with Gasteiger partial charge in [-0.3, -0.25) is 4.90 Å². The molecule has 1 aromatic heterocycles. The Morgan fingerprint density at radius 3 is 2.39 bits per heavy atom. The summed E-state index contributed by atoms with van der Waals surface area (Å²) in [5.74, 6) is 1.07. The number of imidazole rings is 1. The van der Waals surface area contributed by atoms with Crippen LogP contribution in [0.4, 0.5) is 16.2 Å². The summed E-state index contributed by atoms with van der Waals surface area (Å²) in [4.78, 5) is 22.5. The highest BCUT2D eigenvalue weighted by atomic mass is 16.2. The van der Waals surface area contributed by atoms with Gasteiger partial charge < -0.3 is 19.7 Å². The molecule has 2 saturated heterocycles. The normalized spacial score (nSPS) is 18.4. The Bertz CT molecular complexity index is 793. The number of urea groups is 1. The summed E-state index contributed by atoms with van der Waals surface area (Å²) in [5.41, 5.74) is 2.24. The van der Waals surface area contributed by atoms with Crippen LogP contribution >= 0.6 is 0 Å². The first-order valence-electron chi connectivity index (χ1n) is 10.2. The summed E-state index contributed by atoms with van der Waals surface area (Å²) in [5, 5.41) is 3.69. The number of carbonyl (C=O) groups is 1. The summed E-state index contributed by atoms with van der Waals surface area (Å²) >= 11 is 0. The van der Waals surface area contributed by atoms with E-state index in [0.29, 0.717) is 6.04 Å². The van der Waals surface area contributed by atoms with Crippen LogP contribution in [0.5, 0.6) is 0 Å². The standard InChI is InChI=1S/C21H30N6O/c1-17-22-9-13-25(17)14-10-23-18-7-11-26(12-8-18)19-3-5-20(6-4-19)27-16-15-24(2)21(27)28/h3-6,9,13,18,23H,7-8,10-12,14-16H2,1-2H3. The molecule has 7 nitrogen and oxygen atoms in total. The van der Waals surface area contributed by atoms with Gasteiger partial charge in [-0.2, -0.15) is 0 Å². The molecule has 2 aliphatic heterocycles. The summed E-state index contributed by atoms with van der Waals surface area (Å²) in [6.45, 7) is 7.68. The number of anilines is 2. The van der Waals surface area contributed by atoms with E-state index in [2.05, 4.69) is 44.0 Å². The molecule has 0 bridgehead atoms. The van der Waals surface area contributed by atoms with Crippen LogP contribution in [0.2, 0.25) is 0 Å². The lowest BCUT2D eigenvalue weighted by molar-refractivity contribution is 0.229. The fourth-order valence-corrected chi connectivity index (χ4v) is 4.10. The maximum absolute atomic E-state index is 12.1. The molecular weight excluding hydrogens is 352 g/mol. The highest BCUT2D eigenvalue weighted by Gasteiger charge is 2.26. The average Bonchev–Trinajstić information content (AvgIpc) is 3.28. The molecular formula is C21H30N6O. The molecule has 0 unspecified atom stereocenters. The summed E-state index contributed by atoms with van der Waals surface area (Å²) in [6.07, 6.45) is 6.20. The lowest BCUT2D eigenvalue weighted by atomic mass is 10.0. The van der Waals surface area contributed by atoms with E-state index in [-0.39, 0.29) is 6.03 Å². The van der Waals surface area contributed by atoms with Crippen LogP contribution in [0.15, 0.2) is 36.7 Å². The van der Waals surface area contributed by atoms with Gasteiger partial charge in [-0.05, 0) is 44.0 Å². The molecule has 0 atom stereocenters. The van der Waals surface area contributed by atoms with Crippen molar-refractivity contribution < 1.29 is 4.79 Å². The van der Waals surface area contributed by atoms with Gasteiger partial charge in [0.2, 0.25) is 0 Å². The molecule has 1 N–H and O–H groups in total. The predicted molar refractivity (Wildman–Crippen MR) is 112 cm³/mol. The van der Waals surface area contributed by atoms with Crippen LogP contribution in [0.1, 0.15) is 18.7 Å². The zero-order valence-electron chi connectivity index (χ0n) is 16.8. The fraction of sp³-hybridized carbons (Fsp3) is 0.524. The maximum atomic E-state index is 12.1. The van der Waals surface area contributed by atoms with Crippen LogP contribution < -0.4 is 15.1 Å². The van der Waals surface area contributed by atoms with E-state index in [4.69, 9.17) is 0 Å². The van der Waals surface area contributed by atoms with E-state index >= 15 is 0 Å². The third-order valence-electron chi connectivity index (χ3n) is 5.95. The number of nitrogens with zero attached hydrogens (tertiary/aromatic N) is 5. The molecule has 0 radical (unpaired) electrons. The lowest BCUT2D eigenvalue weighted by Crippen LogP contribution is -2.43. The molecule has 4 rings (SSSR count). The van der Waals surface area contributed by atoms with Crippen molar-refractivity contribution in [1.29, 1.82) is 0 Å². The third kappa shape index (κ3) is 3.99. The minimum Gasteiger partial charge on any atom is -0.371 e. The van der Waals surface area contributed by atoms with E-state index in [0.717, 1.165) is 63.6 Å². The highest BCUT2D eigenvalue weighted by Crippen LogP contribution is 2.25. The van der Waals surface area contributed by atoms with E-state index in [1.807, 2.05) is 31.3 Å². The highest BCUT2D eigenvalue weighted by molar-refractivity contribution is 5.94. The van der Waals surface area contributed by atoms with Crippen molar-refractivity contribution in [2.45, 2.75) is 32.4 Å². The van der Waals surface area contributed by atoms with Gasteiger partial charge in [-0.1, -0.05) is 0 Å². The van der Waals surface area contributed by atoms with Crippen molar-refractivity contribution in [2.24, 2.45) is 0 Å². The number of hydrogen-bond acceptors (Lipinski definition) is 4. The molecule has 0 saturated carbocycles. The number of carbonyl (C=O) groups excluding carboxylic acids is 1. The van der Waals surface area contributed by atoms with Crippen LogP contribution in [0.25, 0.3) is 0 Å². The van der Waals surface area contributed by atoms with Crippen LogP contribution in [-0.4, -0.2) is 66.3 Å². The Balaban J connectivity index is 1.24. The maximum Gasteiger partial charge on any atom is 0.324 e. The van der Waals surface area contributed by atoms with Gasteiger partial charge in [0, 0.05) is 76.1 Å². The second kappa shape index (κ2) is 8.22. The smallest absolute Gasteiger partial charge is 0.324 e. The minimum atomic E-state index is 0.0884. The first-order chi connectivity index (χ1) is 13.6. The van der Waals surface area contributed by atoms with Gasteiger partial charge in [0.15, 0.2) is 0 Å². The molecule has 28 heavy (non-hydrogen) atoms. The van der Waals surface area contributed by atoms with Crippen LogP contribution in [0, 0.1) is 6.92 Å². The third-order valence-corrected chi connectivity index (χ3v) is 5.95. The van der Waals surface area contributed by atoms with E-state index in [1.165, 1.54) is 5.69 Å². The molecule has 0 aliphatic carbocycles. The first-order valence-corrected chi connectivity index (χ1v) is 10.2. The molecule has 1 aromatic carbocycles. The second-order valence-electron chi connectivity index (χ2n) is 7.76. The molecule has 2 aromatic rings. The van der Waals surface area contributed by atoms with E-state index in [1.54, 1.807) is 4.90 Å². The number of nitrogens with one attached hydrogen (secondary N) is 1. The Morgan fingerprint density at radius 2 is 1.79 bits per heavy atom.